The zero-order chi connectivity index (χ0) is 20.1. The molecule has 150 valence electrons. The van der Waals surface area contributed by atoms with Crippen LogP contribution in [0.25, 0.3) is 10.9 Å². The molecule has 0 unspecified atom stereocenters. The average molecular weight is 408 g/mol. The van der Waals surface area contributed by atoms with Crippen LogP contribution in [-0.4, -0.2) is 55.2 Å². The minimum Gasteiger partial charge on any atom is -0.379 e. The molecule has 0 saturated carbocycles. The number of aryl methyl sites for hydroxylation is 1. The fourth-order valence-corrected chi connectivity index (χ4v) is 4.20. The summed E-state index contributed by atoms with van der Waals surface area (Å²) in [6.07, 6.45) is 0. The molecular formula is C23H25N3O2S. The lowest BCUT2D eigenvalue weighted by atomic mass is 10.1. The van der Waals surface area contributed by atoms with Crippen molar-refractivity contribution < 1.29 is 9.53 Å². The van der Waals surface area contributed by atoms with Crippen molar-refractivity contribution in [2.24, 2.45) is 0 Å². The number of nitrogens with zero attached hydrogens (tertiary/aromatic N) is 2. The topological polar surface area (TPSA) is 54.5 Å². The number of benzene rings is 2. The second kappa shape index (κ2) is 9.39. The van der Waals surface area contributed by atoms with Crippen molar-refractivity contribution in [3.8, 4) is 0 Å². The molecule has 1 aliphatic rings. The van der Waals surface area contributed by atoms with Crippen LogP contribution in [0.2, 0.25) is 0 Å². The number of aromatic nitrogens is 1. The molecule has 0 atom stereocenters. The normalized spacial score (nSPS) is 14.8. The summed E-state index contributed by atoms with van der Waals surface area (Å²) in [5, 5.41) is 4.78. The predicted molar refractivity (Wildman–Crippen MR) is 117 cm³/mol. The van der Waals surface area contributed by atoms with E-state index in [2.05, 4.69) is 41.4 Å². The van der Waals surface area contributed by atoms with Gasteiger partial charge in [0, 0.05) is 36.5 Å². The molecule has 1 aromatic heterocycles. The predicted octanol–water partition coefficient (Wildman–Crippen LogP) is 3.76. The van der Waals surface area contributed by atoms with Crippen LogP contribution < -0.4 is 5.32 Å². The van der Waals surface area contributed by atoms with Gasteiger partial charge in [-0.25, -0.2) is 4.98 Å². The summed E-state index contributed by atoms with van der Waals surface area (Å²) < 4.78 is 5.37. The summed E-state index contributed by atoms with van der Waals surface area (Å²) in [6.45, 7) is 6.91. The molecule has 0 spiro atoms. The molecule has 2 heterocycles. The van der Waals surface area contributed by atoms with Gasteiger partial charge in [0.05, 0.1) is 24.3 Å². The van der Waals surface area contributed by atoms with E-state index in [0.717, 1.165) is 53.7 Å². The van der Waals surface area contributed by atoms with Crippen LogP contribution in [0.1, 0.15) is 15.9 Å². The Balaban J connectivity index is 1.51. The van der Waals surface area contributed by atoms with Gasteiger partial charge < -0.3 is 10.1 Å². The molecule has 1 aliphatic heterocycles. The first-order chi connectivity index (χ1) is 14.2. The summed E-state index contributed by atoms with van der Waals surface area (Å²) in [5.41, 5.74) is 2.73. The number of para-hydroxylation sites is 1. The van der Waals surface area contributed by atoms with E-state index in [1.54, 1.807) is 11.8 Å². The Morgan fingerprint density at radius 1 is 1.14 bits per heavy atom. The lowest BCUT2D eigenvalue weighted by Crippen LogP contribution is -2.41. The van der Waals surface area contributed by atoms with E-state index < -0.39 is 0 Å². The molecule has 5 nitrogen and oxygen atoms in total. The minimum absolute atomic E-state index is 0.0531. The Labute approximate surface area is 175 Å². The molecule has 0 aliphatic carbocycles. The standard InChI is InChI=1S/C23H25N3O2S/c1-17-6-8-18(9-7-17)29-22-16-20(19-4-2-3-5-21(19)25-22)23(27)24-10-11-26-12-14-28-15-13-26/h2-9,16H,10-15H2,1H3,(H,24,27). The zero-order valence-corrected chi connectivity index (χ0v) is 17.4. The third-order valence-corrected chi connectivity index (χ3v) is 5.92. The summed E-state index contributed by atoms with van der Waals surface area (Å²) in [7, 11) is 0. The van der Waals surface area contributed by atoms with Gasteiger partial charge in [-0.3, -0.25) is 9.69 Å². The van der Waals surface area contributed by atoms with Crippen molar-refractivity contribution in [3.05, 3.63) is 65.7 Å². The van der Waals surface area contributed by atoms with E-state index in [1.807, 2.05) is 30.3 Å². The van der Waals surface area contributed by atoms with Crippen molar-refractivity contribution in [3.63, 3.8) is 0 Å². The quantitative estimate of drug-likeness (QED) is 0.674. The third-order valence-electron chi connectivity index (χ3n) is 5.00. The van der Waals surface area contributed by atoms with Crippen molar-refractivity contribution in [1.82, 2.24) is 15.2 Å². The highest BCUT2D eigenvalue weighted by molar-refractivity contribution is 7.99. The van der Waals surface area contributed by atoms with Crippen LogP contribution in [0.3, 0.4) is 0 Å². The minimum atomic E-state index is -0.0531. The van der Waals surface area contributed by atoms with Crippen molar-refractivity contribution in [2.75, 3.05) is 39.4 Å². The molecule has 3 aromatic rings. The van der Waals surface area contributed by atoms with Gasteiger partial charge >= 0.3 is 0 Å². The number of ether oxygens (including phenoxy) is 1. The highest BCUT2D eigenvalue weighted by atomic mass is 32.2. The number of nitrogens with one attached hydrogen (secondary N) is 1. The van der Waals surface area contributed by atoms with Crippen molar-refractivity contribution in [2.45, 2.75) is 16.8 Å². The lowest BCUT2D eigenvalue weighted by Gasteiger charge is -2.26. The zero-order valence-electron chi connectivity index (χ0n) is 16.6. The van der Waals surface area contributed by atoms with E-state index in [1.165, 1.54) is 5.56 Å². The number of carbonyl (C=O) groups is 1. The summed E-state index contributed by atoms with van der Waals surface area (Å²) in [6, 6.07) is 18.1. The van der Waals surface area contributed by atoms with Crippen LogP contribution in [0.5, 0.6) is 0 Å². The summed E-state index contributed by atoms with van der Waals surface area (Å²) in [4.78, 5) is 21.1. The van der Waals surface area contributed by atoms with Crippen LogP contribution in [0, 0.1) is 6.92 Å². The monoisotopic (exact) mass is 407 g/mol. The van der Waals surface area contributed by atoms with Crippen LogP contribution >= 0.6 is 11.8 Å². The smallest absolute Gasteiger partial charge is 0.252 e. The summed E-state index contributed by atoms with van der Waals surface area (Å²) in [5.74, 6) is -0.0531. The Hall–Kier alpha value is -2.41. The Kier molecular flexibility index (Phi) is 6.44. The van der Waals surface area contributed by atoms with E-state index in [-0.39, 0.29) is 5.91 Å². The number of amides is 1. The first kappa shape index (κ1) is 19.9. The Morgan fingerprint density at radius 3 is 2.69 bits per heavy atom. The number of morpholine rings is 1. The first-order valence-electron chi connectivity index (χ1n) is 9.92. The number of hydrogen-bond donors (Lipinski definition) is 1. The van der Waals surface area contributed by atoms with Crippen LogP contribution in [0.4, 0.5) is 0 Å². The number of carbonyl (C=O) groups excluding carboxylic acids is 1. The number of pyridine rings is 1. The largest absolute Gasteiger partial charge is 0.379 e. The molecule has 1 amide bonds. The van der Waals surface area contributed by atoms with Crippen LogP contribution in [0.15, 0.2) is 64.5 Å². The summed E-state index contributed by atoms with van der Waals surface area (Å²) >= 11 is 1.58. The average Bonchev–Trinajstić information content (AvgIpc) is 2.75. The molecule has 0 radical (unpaired) electrons. The first-order valence-corrected chi connectivity index (χ1v) is 10.7. The molecule has 29 heavy (non-hydrogen) atoms. The number of hydrogen-bond acceptors (Lipinski definition) is 5. The van der Waals surface area contributed by atoms with Crippen molar-refractivity contribution >= 4 is 28.6 Å². The maximum absolute atomic E-state index is 13.0. The fourth-order valence-electron chi connectivity index (χ4n) is 3.37. The second-order valence-corrected chi connectivity index (χ2v) is 8.24. The van der Waals surface area contributed by atoms with Gasteiger partial charge in [0.15, 0.2) is 0 Å². The molecule has 1 fully saturated rings. The highest BCUT2D eigenvalue weighted by Crippen LogP contribution is 2.30. The molecule has 0 bridgehead atoms. The molecule has 1 N–H and O–H groups in total. The SMILES string of the molecule is Cc1ccc(Sc2cc(C(=O)NCCN3CCOCC3)c3ccccc3n2)cc1. The molecule has 2 aromatic carbocycles. The third kappa shape index (κ3) is 5.15. The van der Waals surface area contributed by atoms with E-state index in [0.29, 0.717) is 12.1 Å². The maximum Gasteiger partial charge on any atom is 0.252 e. The van der Waals surface area contributed by atoms with Gasteiger partial charge in [0.1, 0.15) is 5.03 Å². The van der Waals surface area contributed by atoms with Crippen molar-refractivity contribution in [1.29, 1.82) is 0 Å². The van der Waals surface area contributed by atoms with E-state index in [4.69, 9.17) is 9.72 Å². The van der Waals surface area contributed by atoms with Gasteiger partial charge in [-0.2, -0.15) is 0 Å². The maximum atomic E-state index is 13.0. The van der Waals surface area contributed by atoms with Gasteiger partial charge in [0.25, 0.3) is 5.91 Å². The lowest BCUT2D eigenvalue weighted by molar-refractivity contribution is 0.0383. The second-order valence-electron chi connectivity index (χ2n) is 7.15. The number of rotatable bonds is 6. The Morgan fingerprint density at radius 2 is 1.90 bits per heavy atom. The molecular weight excluding hydrogens is 382 g/mol. The van der Waals surface area contributed by atoms with Gasteiger partial charge in [-0.1, -0.05) is 47.7 Å². The molecule has 4 rings (SSSR count). The number of fused-ring (bicyclic) bond motifs is 1. The van der Waals surface area contributed by atoms with Gasteiger partial charge in [0.2, 0.25) is 0 Å². The molecule has 1 saturated heterocycles. The fraction of sp³-hybridized carbons (Fsp3) is 0.304. The molecule has 6 heteroatoms. The van der Waals surface area contributed by atoms with E-state index in [9.17, 15) is 4.79 Å². The van der Waals surface area contributed by atoms with Gasteiger partial charge in [-0.15, -0.1) is 0 Å². The van der Waals surface area contributed by atoms with E-state index >= 15 is 0 Å². The Bertz CT molecular complexity index is 985. The van der Waals surface area contributed by atoms with Gasteiger partial charge in [-0.05, 0) is 31.2 Å². The van der Waals surface area contributed by atoms with Crippen LogP contribution in [-0.2, 0) is 4.74 Å². The highest BCUT2D eigenvalue weighted by Gasteiger charge is 2.15.